The summed E-state index contributed by atoms with van der Waals surface area (Å²) in [4.78, 5) is 25.7. The van der Waals surface area contributed by atoms with Gasteiger partial charge in [0.05, 0.1) is 5.75 Å². The Kier molecular flexibility index (Phi) is 5.11. The van der Waals surface area contributed by atoms with Crippen LogP contribution in [0, 0.1) is 6.92 Å². The maximum Gasteiger partial charge on any atom is 0.239 e. The number of hydrogen-bond acceptors (Lipinski definition) is 3. The van der Waals surface area contributed by atoms with Gasteiger partial charge in [0.15, 0.2) is 0 Å². The number of aryl methyl sites for hydroxylation is 1. The summed E-state index contributed by atoms with van der Waals surface area (Å²) in [6.45, 7) is 2.01. The van der Waals surface area contributed by atoms with E-state index in [4.69, 9.17) is 11.6 Å². The maximum absolute atomic E-state index is 12.4. The summed E-state index contributed by atoms with van der Waals surface area (Å²) in [5.74, 6) is 0.193. The Labute approximate surface area is 150 Å². The summed E-state index contributed by atoms with van der Waals surface area (Å²) in [6, 6.07) is 15.5. The second-order valence-corrected chi connectivity index (χ2v) is 6.91. The van der Waals surface area contributed by atoms with Crippen molar-refractivity contribution in [3.63, 3.8) is 0 Å². The summed E-state index contributed by atoms with van der Waals surface area (Å²) in [5, 5.41) is 2.64. The molecule has 1 atom stereocenters. The molecule has 1 fully saturated rings. The Morgan fingerprint density at radius 1 is 1.29 bits per heavy atom. The van der Waals surface area contributed by atoms with Crippen LogP contribution in [0.4, 0.5) is 11.4 Å². The molecule has 2 aromatic rings. The number of carbonyl (C=O) groups is 2. The Morgan fingerprint density at radius 3 is 2.83 bits per heavy atom. The van der Waals surface area contributed by atoms with Crippen molar-refractivity contribution in [1.29, 1.82) is 0 Å². The average Bonchev–Trinajstić information content (AvgIpc) is 2.96. The number of anilines is 2. The minimum atomic E-state index is -0.250. The van der Waals surface area contributed by atoms with Gasteiger partial charge in [0.2, 0.25) is 11.8 Å². The SMILES string of the molecule is Cc1cccc(N2C(=O)CS[C@H]2c2cccc(NC(=O)CCl)c2)c1. The molecular weight excluding hydrogens is 344 g/mol. The number of hydrogen-bond donors (Lipinski definition) is 1. The van der Waals surface area contributed by atoms with E-state index >= 15 is 0 Å². The molecule has 1 N–H and O–H groups in total. The van der Waals surface area contributed by atoms with E-state index in [2.05, 4.69) is 5.32 Å². The summed E-state index contributed by atoms with van der Waals surface area (Å²) >= 11 is 7.12. The standard InChI is InChI=1S/C18H17ClN2O2S/c1-12-4-2-7-15(8-12)21-17(23)11-24-18(21)13-5-3-6-14(9-13)20-16(22)10-19/h2-9,18H,10-11H2,1H3,(H,20,22)/t18-/m0/s1. The molecule has 0 saturated carbocycles. The van der Waals surface area contributed by atoms with Gasteiger partial charge in [-0.15, -0.1) is 23.4 Å². The lowest BCUT2D eigenvalue weighted by Gasteiger charge is -2.25. The fraction of sp³-hybridized carbons (Fsp3) is 0.222. The van der Waals surface area contributed by atoms with Crippen molar-refractivity contribution in [2.75, 3.05) is 21.8 Å². The number of rotatable bonds is 4. The first-order chi connectivity index (χ1) is 11.6. The Bertz CT molecular complexity index is 781. The van der Waals surface area contributed by atoms with Crippen LogP contribution in [0.3, 0.4) is 0 Å². The van der Waals surface area contributed by atoms with Gasteiger partial charge in [-0.05, 0) is 42.3 Å². The Balaban J connectivity index is 1.91. The molecule has 24 heavy (non-hydrogen) atoms. The van der Waals surface area contributed by atoms with Crippen LogP contribution >= 0.6 is 23.4 Å². The molecule has 0 radical (unpaired) electrons. The molecule has 0 aliphatic carbocycles. The van der Waals surface area contributed by atoms with E-state index in [0.717, 1.165) is 16.8 Å². The van der Waals surface area contributed by atoms with Crippen LogP contribution in [-0.4, -0.2) is 23.4 Å². The molecule has 4 nitrogen and oxygen atoms in total. The van der Waals surface area contributed by atoms with Gasteiger partial charge in [-0.25, -0.2) is 0 Å². The summed E-state index contributed by atoms with van der Waals surface area (Å²) < 4.78 is 0. The smallest absolute Gasteiger partial charge is 0.239 e. The van der Waals surface area contributed by atoms with E-state index in [-0.39, 0.29) is 23.1 Å². The first kappa shape index (κ1) is 16.9. The highest BCUT2D eigenvalue weighted by atomic mass is 35.5. The van der Waals surface area contributed by atoms with E-state index in [1.165, 1.54) is 0 Å². The van der Waals surface area contributed by atoms with Crippen LogP contribution in [0.1, 0.15) is 16.5 Å². The quantitative estimate of drug-likeness (QED) is 0.840. The van der Waals surface area contributed by atoms with Crippen molar-refractivity contribution < 1.29 is 9.59 Å². The van der Waals surface area contributed by atoms with Crippen molar-refractivity contribution >= 4 is 46.6 Å². The minimum absolute atomic E-state index is 0.0870. The van der Waals surface area contributed by atoms with Crippen molar-refractivity contribution in [3.8, 4) is 0 Å². The molecule has 2 aromatic carbocycles. The lowest BCUT2D eigenvalue weighted by Crippen LogP contribution is -2.27. The van der Waals surface area contributed by atoms with E-state index < -0.39 is 0 Å². The Hall–Kier alpha value is -1.98. The molecule has 1 aliphatic rings. The van der Waals surface area contributed by atoms with Gasteiger partial charge in [-0.3, -0.25) is 14.5 Å². The fourth-order valence-electron chi connectivity index (χ4n) is 2.69. The molecule has 3 rings (SSSR count). The molecule has 0 unspecified atom stereocenters. The van der Waals surface area contributed by atoms with Gasteiger partial charge in [-0.1, -0.05) is 24.3 Å². The highest BCUT2D eigenvalue weighted by Crippen LogP contribution is 2.42. The predicted octanol–water partition coefficient (Wildman–Crippen LogP) is 3.95. The highest BCUT2D eigenvalue weighted by molar-refractivity contribution is 8.00. The lowest BCUT2D eigenvalue weighted by molar-refractivity contribution is -0.116. The number of nitrogens with zero attached hydrogens (tertiary/aromatic N) is 1. The van der Waals surface area contributed by atoms with Gasteiger partial charge in [0, 0.05) is 11.4 Å². The molecule has 1 aliphatic heterocycles. The number of halogens is 1. The van der Waals surface area contributed by atoms with E-state index in [9.17, 15) is 9.59 Å². The van der Waals surface area contributed by atoms with Gasteiger partial charge in [-0.2, -0.15) is 0 Å². The number of thioether (sulfide) groups is 1. The monoisotopic (exact) mass is 360 g/mol. The van der Waals surface area contributed by atoms with Crippen molar-refractivity contribution in [2.24, 2.45) is 0 Å². The van der Waals surface area contributed by atoms with E-state index in [1.807, 2.05) is 60.4 Å². The normalized spacial score (nSPS) is 17.2. The van der Waals surface area contributed by atoms with Gasteiger partial charge < -0.3 is 5.32 Å². The second kappa shape index (κ2) is 7.28. The number of benzene rings is 2. The number of carbonyl (C=O) groups excluding carboxylic acids is 2. The lowest BCUT2D eigenvalue weighted by atomic mass is 10.1. The third-order valence-electron chi connectivity index (χ3n) is 3.72. The molecule has 6 heteroatoms. The van der Waals surface area contributed by atoms with Crippen LogP contribution in [0.15, 0.2) is 48.5 Å². The second-order valence-electron chi connectivity index (χ2n) is 5.57. The molecule has 0 spiro atoms. The predicted molar refractivity (Wildman–Crippen MR) is 99.7 cm³/mol. The van der Waals surface area contributed by atoms with Crippen LogP contribution in [0.25, 0.3) is 0 Å². The fourth-order valence-corrected chi connectivity index (χ4v) is 3.93. The zero-order valence-corrected chi connectivity index (χ0v) is 14.7. The molecule has 2 amide bonds. The van der Waals surface area contributed by atoms with Gasteiger partial charge in [0.25, 0.3) is 0 Å². The zero-order valence-electron chi connectivity index (χ0n) is 13.2. The topological polar surface area (TPSA) is 49.4 Å². The first-order valence-corrected chi connectivity index (χ1v) is 9.13. The summed E-state index contributed by atoms with van der Waals surface area (Å²) in [7, 11) is 0. The van der Waals surface area contributed by atoms with Crippen molar-refractivity contribution in [1.82, 2.24) is 0 Å². The molecule has 124 valence electrons. The first-order valence-electron chi connectivity index (χ1n) is 7.54. The molecule has 1 heterocycles. The summed E-state index contributed by atoms with van der Waals surface area (Å²) in [6.07, 6.45) is 0. The van der Waals surface area contributed by atoms with Crippen molar-refractivity contribution in [2.45, 2.75) is 12.3 Å². The molecule has 0 bridgehead atoms. The third-order valence-corrected chi connectivity index (χ3v) is 5.18. The van der Waals surface area contributed by atoms with E-state index in [1.54, 1.807) is 11.8 Å². The van der Waals surface area contributed by atoms with Crippen molar-refractivity contribution in [3.05, 3.63) is 59.7 Å². The zero-order chi connectivity index (χ0) is 17.1. The average molecular weight is 361 g/mol. The molecule has 0 aromatic heterocycles. The minimum Gasteiger partial charge on any atom is -0.325 e. The summed E-state index contributed by atoms with van der Waals surface area (Å²) in [5.41, 5.74) is 3.66. The highest BCUT2D eigenvalue weighted by Gasteiger charge is 2.34. The number of alkyl halides is 1. The number of nitrogens with one attached hydrogen (secondary N) is 1. The molecular formula is C18H17ClN2O2S. The van der Waals surface area contributed by atoms with Crippen LogP contribution in [0.2, 0.25) is 0 Å². The Morgan fingerprint density at radius 2 is 2.08 bits per heavy atom. The van der Waals surface area contributed by atoms with E-state index in [0.29, 0.717) is 11.4 Å². The van der Waals surface area contributed by atoms with Gasteiger partial charge in [0.1, 0.15) is 11.3 Å². The molecule has 1 saturated heterocycles. The third kappa shape index (κ3) is 3.57. The maximum atomic E-state index is 12.4. The van der Waals surface area contributed by atoms with Gasteiger partial charge >= 0.3 is 0 Å². The van der Waals surface area contributed by atoms with Crippen LogP contribution in [0.5, 0.6) is 0 Å². The number of amides is 2. The van der Waals surface area contributed by atoms with Crippen LogP contribution in [-0.2, 0) is 9.59 Å². The van der Waals surface area contributed by atoms with Crippen LogP contribution < -0.4 is 10.2 Å². The largest absolute Gasteiger partial charge is 0.325 e.